The van der Waals surface area contributed by atoms with Crippen LogP contribution in [0.2, 0.25) is 0 Å². The molecule has 1 saturated heterocycles. The molecule has 8 heteroatoms. The Balaban J connectivity index is 2.45. The molecule has 106 valence electrons. The third-order valence-electron chi connectivity index (χ3n) is 3.44. The topological polar surface area (TPSA) is 87.5 Å². The molecule has 1 aliphatic heterocycles. The molecule has 6 nitrogen and oxygen atoms in total. The van der Waals surface area contributed by atoms with Gasteiger partial charge in [-0.3, -0.25) is 9.55 Å². The molecule has 3 N–H and O–H groups in total. The summed E-state index contributed by atoms with van der Waals surface area (Å²) in [7, 11) is 0. The van der Waals surface area contributed by atoms with Gasteiger partial charge in [0.05, 0.1) is 19.3 Å². The maximum absolute atomic E-state index is 14.7. The van der Waals surface area contributed by atoms with Gasteiger partial charge >= 0.3 is 5.69 Å². The minimum atomic E-state index is -1.98. The second kappa shape index (κ2) is 5.12. The molecule has 4 atom stereocenters. The highest BCUT2D eigenvalue weighted by molar-refractivity contribution is 7.71. The molecule has 0 aliphatic carbocycles. The number of ether oxygens (including phenoxy) is 1. The van der Waals surface area contributed by atoms with Crippen molar-refractivity contribution in [2.24, 2.45) is 5.92 Å². The van der Waals surface area contributed by atoms with Gasteiger partial charge in [0, 0.05) is 12.1 Å². The van der Waals surface area contributed by atoms with Crippen LogP contribution in [0.4, 0.5) is 4.39 Å². The summed E-state index contributed by atoms with van der Waals surface area (Å²) in [6.07, 6.45) is -0.751. The number of aromatic nitrogens is 2. The van der Waals surface area contributed by atoms with Crippen molar-refractivity contribution in [3.05, 3.63) is 27.4 Å². The van der Waals surface area contributed by atoms with E-state index in [1.165, 1.54) is 19.2 Å². The van der Waals surface area contributed by atoms with E-state index in [9.17, 15) is 14.3 Å². The minimum absolute atomic E-state index is 0.234. The predicted molar refractivity (Wildman–Crippen MR) is 67.0 cm³/mol. The van der Waals surface area contributed by atoms with Crippen LogP contribution in [-0.4, -0.2) is 44.8 Å². The van der Waals surface area contributed by atoms with Crippen molar-refractivity contribution in [2.45, 2.75) is 24.9 Å². The second-order valence-corrected chi connectivity index (χ2v) is 5.11. The molecule has 2 unspecified atom stereocenters. The average molecular weight is 290 g/mol. The largest absolute Gasteiger partial charge is 0.396 e. The van der Waals surface area contributed by atoms with Crippen LogP contribution in [-0.2, 0) is 4.74 Å². The van der Waals surface area contributed by atoms with Crippen molar-refractivity contribution in [3.63, 3.8) is 0 Å². The van der Waals surface area contributed by atoms with E-state index < -0.39 is 42.8 Å². The molecule has 2 heterocycles. The molecule has 0 bridgehead atoms. The summed E-state index contributed by atoms with van der Waals surface area (Å²) in [5.74, 6) is -0.905. The zero-order chi connectivity index (χ0) is 14.2. The van der Waals surface area contributed by atoms with E-state index in [0.717, 1.165) is 4.57 Å². The number of halogens is 1. The lowest BCUT2D eigenvalue weighted by Crippen LogP contribution is -2.41. The highest BCUT2D eigenvalue weighted by Gasteiger charge is 2.55. The van der Waals surface area contributed by atoms with Gasteiger partial charge in [-0.15, -0.1) is 0 Å². The summed E-state index contributed by atoms with van der Waals surface area (Å²) < 4.78 is 21.4. The molecule has 1 aliphatic rings. The molecule has 0 saturated carbocycles. The summed E-state index contributed by atoms with van der Waals surface area (Å²) in [4.78, 5) is 14.1. The number of nitrogens with one attached hydrogen (secondary N) is 1. The van der Waals surface area contributed by atoms with Gasteiger partial charge in [0.25, 0.3) is 0 Å². The van der Waals surface area contributed by atoms with Gasteiger partial charge < -0.3 is 14.9 Å². The zero-order valence-electron chi connectivity index (χ0n) is 10.2. The summed E-state index contributed by atoms with van der Waals surface area (Å²) in [6.45, 7) is 0.327. The van der Waals surface area contributed by atoms with Gasteiger partial charge in [-0.25, -0.2) is 9.18 Å². The molecule has 1 fully saturated rings. The van der Waals surface area contributed by atoms with Crippen LogP contribution in [0.25, 0.3) is 0 Å². The average Bonchev–Trinajstić information content (AvgIpc) is 2.60. The number of aromatic amines is 1. The van der Waals surface area contributed by atoms with Crippen LogP contribution in [0.5, 0.6) is 0 Å². The van der Waals surface area contributed by atoms with E-state index in [1.807, 2.05) is 0 Å². The molecule has 0 aromatic carbocycles. The molecule has 0 spiro atoms. The van der Waals surface area contributed by atoms with Gasteiger partial charge in [-0.05, 0) is 13.0 Å². The van der Waals surface area contributed by atoms with E-state index in [2.05, 4.69) is 4.98 Å². The van der Waals surface area contributed by atoms with Gasteiger partial charge in [0.1, 0.15) is 4.64 Å². The Hall–Kier alpha value is -1.09. The summed E-state index contributed by atoms with van der Waals surface area (Å²) in [6, 6.07) is 1.44. The third-order valence-corrected chi connectivity index (χ3v) is 3.68. The minimum Gasteiger partial charge on any atom is -0.396 e. The van der Waals surface area contributed by atoms with Crippen molar-refractivity contribution in [1.29, 1.82) is 0 Å². The van der Waals surface area contributed by atoms with E-state index in [-0.39, 0.29) is 4.64 Å². The van der Waals surface area contributed by atoms with Gasteiger partial charge in [-0.2, -0.15) is 0 Å². The van der Waals surface area contributed by atoms with E-state index in [1.54, 1.807) is 0 Å². The number of alkyl halides is 1. The lowest BCUT2D eigenvalue weighted by Gasteiger charge is -2.26. The second-order valence-electron chi connectivity index (χ2n) is 4.67. The number of rotatable bonds is 3. The van der Waals surface area contributed by atoms with Crippen molar-refractivity contribution in [1.82, 2.24) is 9.55 Å². The number of hydrogen-bond donors (Lipinski definition) is 3. The van der Waals surface area contributed by atoms with Crippen molar-refractivity contribution in [2.75, 3.05) is 13.2 Å². The first-order valence-corrected chi connectivity index (χ1v) is 6.20. The Kier molecular flexibility index (Phi) is 3.86. The monoisotopic (exact) mass is 290 g/mol. The van der Waals surface area contributed by atoms with Crippen LogP contribution >= 0.6 is 12.2 Å². The van der Waals surface area contributed by atoms with Crippen molar-refractivity contribution in [3.8, 4) is 0 Å². The highest BCUT2D eigenvalue weighted by atomic mass is 32.1. The van der Waals surface area contributed by atoms with Crippen molar-refractivity contribution >= 4 is 12.2 Å². The molecule has 0 radical (unpaired) electrons. The van der Waals surface area contributed by atoms with Gasteiger partial charge in [-0.1, -0.05) is 12.2 Å². The molecule has 1 aromatic rings. The smallest absolute Gasteiger partial charge is 0.328 e. The van der Waals surface area contributed by atoms with Crippen LogP contribution < -0.4 is 5.69 Å². The lowest BCUT2D eigenvalue weighted by atomic mass is 9.88. The fourth-order valence-corrected chi connectivity index (χ4v) is 2.50. The Morgan fingerprint density at radius 2 is 2.26 bits per heavy atom. The van der Waals surface area contributed by atoms with E-state index in [0.29, 0.717) is 0 Å². The lowest BCUT2D eigenvalue weighted by molar-refractivity contribution is -0.0610. The quantitative estimate of drug-likeness (QED) is 0.689. The Labute approximate surface area is 113 Å². The molecule has 19 heavy (non-hydrogen) atoms. The molecule has 2 rings (SSSR count). The predicted octanol–water partition coefficient (Wildman–Crippen LogP) is 0.132. The standard InChI is InChI=1S/C11H15FN2O4S/c1-11(12)6(4-15)7(5-16)18-9(11)14-3-2-8(19)13-10(14)17/h2-3,6-7,9,15-16H,4-5H2,1H3,(H,13,17,19)/t6?,7-,9-,11?/m1/s1. The molecular formula is C11H15FN2O4S. The van der Waals surface area contributed by atoms with Gasteiger partial charge in [0.2, 0.25) is 0 Å². The highest BCUT2D eigenvalue weighted by Crippen LogP contribution is 2.44. The summed E-state index contributed by atoms with van der Waals surface area (Å²) in [5, 5.41) is 18.4. The Morgan fingerprint density at radius 1 is 1.58 bits per heavy atom. The van der Waals surface area contributed by atoms with Crippen LogP contribution in [0.1, 0.15) is 13.2 Å². The number of nitrogens with zero attached hydrogens (tertiary/aromatic N) is 1. The van der Waals surface area contributed by atoms with E-state index >= 15 is 0 Å². The Bertz CT molecular complexity index is 570. The SMILES string of the molecule is CC1(F)C(CO)[C@@H](CO)O[C@H]1n1ccc(=S)[nH]c1=O. The number of hydrogen-bond acceptors (Lipinski definition) is 5. The normalized spacial score (nSPS) is 34.6. The van der Waals surface area contributed by atoms with Crippen LogP contribution in [0.3, 0.4) is 0 Å². The molecule has 0 amide bonds. The first kappa shape index (κ1) is 14.3. The maximum atomic E-state index is 14.7. The number of H-pyrrole nitrogens is 1. The van der Waals surface area contributed by atoms with Crippen molar-refractivity contribution < 1.29 is 19.3 Å². The fraction of sp³-hybridized carbons (Fsp3) is 0.636. The first-order valence-electron chi connectivity index (χ1n) is 5.79. The maximum Gasteiger partial charge on any atom is 0.328 e. The molecular weight excluding hydrogens is 275 g/mol. The summed E-state index contributed by atoms with van der Waals surface area (Å²) in [5.41, 5.74) is -2.58. The Morgan fingerprint density at radius 3 is 2.74 bits per heavy atom. The van der Waals surface area contributed by atoms with Crippen LogP contribution in [0, 0.1) is 10.6 Å². The number of aliphatic hydroxyl groups excluding tert-OH is 2. The fourth-order valence-electron chi connectivity index (χ4n) is 2.36. The number of aliphatic hydroxyl groups is 2. The van der Waals surface area contributed by atoms with Crippen LogP contribution in [0.15, 0.2) is 17.1 Å². The summed E-state index contributed by atoms with van der Waals surface area (Å²) >= 11 is 4.80. The van der Waals surface area contributed by atoms with Gasteiger partial charge in [0.15, 0.2) is 11.9 Å². The van der Waals surface area contributed by atoms with E-state index in [4.69, 9.17) is 22.1 Å². The molecule has 1 aromatic heterocycles. The zero-order valence-corrected chi connectivity index (χ0v) is 11.1. The first-order chi connectivity index (χ1) is 8.91. The third kappa shape index (κ3) is 2.36.